The third-order valence-electron chi connectivity index (χ3n) is 4.33. The lowest BCUT2D eigenvalue weighted by molar-refractivity contribution is 0.0698. The highest BCUT2D eigenvalue weighted by Gasteiger charge is 2.25. The number of amides is 2. The molecular weight excluding hydrogens is 404 g/mol. The van der Waals surface area contributed by atoms with Crippen molar-refractivity contribution in [3.63, 3.8) is 0 Å². The second-order valence-electron chi connectivity index (χ2n) is 6.03. The zero-order valence-electron chi connectivity index (χ0n) is 13.5. The summed E-state index contributed by atoms with van der Waals surface area (Å²) in [5, 5.41) is 3.46. The Labute approximate surface area is 160 Å². The highest BCUT2D eigenvalue weighted by atomic mass is 79.9. The van der Waals surface area contributed by atoms with E-state index >= 15 is 0 Å². The van der Waals surface area contributed by atoms with Crippen LogP contribution >= 0.6 is 27.5 Å². The maximum absolute atomic E-state index is 12.5. The maximum Gasteiger partial charge on any atom is 0.253 e. The van der Waals surface area contributed by atoms with Crippen LogP contribution in [0, 0.1) is 0 Å². The molecule has 6 heteroatoms. The molecule has 1 fully saturated rings. The Kier molecular flexibility index (Phi) is 5.76. The molecule has 0 aromatic heterocycles. The number of piperidine rings is 1. The third-order valence-corrected chi connectivity index (χ3v) is 5.19. The summed E-state index contributed by atoms with van der Waals surface area (Å²) in [6.45, 7) is 1.25. The Morgan fingerprint density at radius 1 is 1.04 bits per heavy atom. The van der Waals surface area contributed by atoms with Gasteiger partial charge in [-0.05, 0) is 49.2 Å². The first kappa shape index (κ1) is 18.0. The Hall–Kier alpha value is -1.85. The lowest BCUT2D eigenvalue weighted by atomic mass is 10.0. The van der Waals surface area contributed by atoms with Gasteiger partial charge in [-0.1, -0.05) is 39.7 Å². The van der Waals surface area contributed by atoms with Gasteiger partial charge in [-0.3, -0.25) is 9.59 Å². The molecule has 0 unspecified atom stereocenters. The average Bonchev–Trinajstić information content (AvgIpc) is 2.63. The molecule has 4 nitrogen and oxygen atoms in total. The van der Waals surface area contributed by atoms with Crippen LogP contribution in [0.25, 0.3) is 0 Å². The molecule has 1 N–H and O–H groups in total. The highest BCUT2D eigenvalue weighted by Crippen LogP contribution is 2.18. The van der Waals surface area contributed by atoms with E-state index in [1.807, 2.05) is 29.2 Å². The number of rotatable bonds is 3. The summed E-state index contributed by atoms with van der Waals surface area (Å²) in [6, 6.07) is 14.4. The van der Waals surface area contributed by atoms with Gasteiger partial charge in [-0.2, -0.15) is 0 Å². The topological polar surface area (TPSA) is 49.4 Å². The van der Waals surface area contributed by atoms with Crippen LogP contribution in [0.3, 0.4) is 0 Å². The fraction of sp³-hybridized carbons (Fsp3) is 0.263. The number of likely N-dealkylation sites (tertiary alicyclic amines) is 1. The average molecular weight is 422 g/mol. The Bertz CT molecular complexity index is 771. The molecule has 0 spiro atoms. The van der Waals surface area contributed by atoms with Gasteiger partial charge in [-0.25, -0.2) is 0 Å². The van der Waals surface area contributed by atoms with Crippen LogP contribution in [-0.2, 0) is 0 Å². The summed E-state index contributed by atoms with van der Waals surface area (Å²) in [5.41, 5.74) is 1.17. The van der Waals surface area contributed by atoms with Crippen molar-refractivity contribution in [2.24, 2.45) is 0 Å². The van der Waals surface area contributed by atoms with Crippen molar-refractivity contribution in [2.75, 3.05) is 13.1 Å². The number of hydrogen-bond donors (Lipinski definition) is 1. The monoisotopic (exact) mass is 420 g/mol. The molecule has 1 heterocycles. The van der Waals surface area contributed by atoms with E-state index in [1.165, 1.54) is 0 Å². The van der Waals surface area contributed by atoms with E-state index in [2.05, 4.69) is 21.2 Å². The number of nitrogens with one attached hydrogen (secondary N) is 1. The molecule has 2 aromatic rings. The van der Waals surface area contributed by atoms with Crippen LogP contribution in [0.4, 0.5) is 0 Å². The summed E-state index contributed by atoms with van der Waals surface area (Å²) >= 11 is 9.43. The van der Waals surface area contributed by atoms with E-state index in [0.717, 1.165) is 17.3 Å². The van der Waals surface area contributed by atoms with Crippen molar-refractivity contribution in [2.45, 2.75) is 18.9 Å². The SMILES string of the molecule is O=C(NC1CCN(C(=O)c2ccc(Br)cc2)CC1)c1ccccc1Cl. The third kappa shape index (κ3) is 4.41. The number of benzene rings is 2. The van der Waals surface area contributed by atoms with Gasteiger partial charge in [-0.15, -0.1) is 0 Å². The first-order valence-electron chi connectivity index (χ1n) is 8.15. The number of halogens is 2. The summed E-state index contributed by atoms with van der Waals surface area (Å²) in [4.78, 5) is 26.7. The largest absolute Gasteiger partial charge is 0.349 e. The van der Waals surface area contributed by atoms with Crippen LogP contribution in [0.1, 0.15) is 33.6 Å². The minimum absolute atomic E-state index is 0.0309. The molecular formula is C19H18BrClN2O2. The van der Waals surface area contributed by atoms with Gasteiger partial charge < -0.3 is 10.2 Å². The normalized spacial score (nSPS) is 15.0. The fourth-order valence-electron chi connectivity index (χ4n) is 2.91. The van der Waals surface area contributed by atoms with Crippen LogP contribution in [0.5, 0.6) is 0 Å². The van der Waals surface area contributed by atoms with Gasteiger partial charge in [0.25, 0.3) is 11.8 Å². The number of carbonyl (C=O) groups is 2. The predicted octanol–water partition coefficient (Wildman–Crippen LogP) is 4.14. The molecule has 3 rings (SSSR count). The van der Waals surface area contributed by atoms with Crippen LogP contribution < -0.4 is 5.32 Å². The minimum atomic E-state index is -0.164. The van der Waals surface area contributed by atoms with Crippen molar-refractivity contribution in [3.8, 4) is 0 Å². The second-order valence-corrected chi connectivity index (χ2v) is 7.35. The fourth-order valence-corrected chi connectivity index (χ4v) is 3.40. The Morgan fingerprint density at radius 2 is 1.68 bits per heavy atom. The summed E-state index contributed by atoms with van der Waals surface area (Å²) in [5.74, 6) is -0.133. The van der Waals surface area contributed by atoms with E-state index in [4.69, 9.17) is 11.6 Å². The number of hydrogen-bond acceptors (Lipinski definition) is 2. The lowest BCUT2D eigenvalue weighted by Gasteiger charge is -2.32. The van der Waals surface area contributed by atoms with Gasteiger partial charge in [0.15, 0.2) is 0 Å². The van der Waals surface area contributed by atoms with Crippen molar-refractivity contribution in [1.82, 2.24) is 10.2 Å². The molecule has 0 aliphatic carbocycles. The molecule has 2 aromatic carbocycles. The Balaban J connectivity index is 1.55. The van der Waals surface area contributed by atoms with Crippen molar-refractivity contribution < 1.29 is 9.59 Å². The zero-order valence-corrected chi connectivity index (χ0v) is 15.9. The summed E-state index contributed by atoms with van der Waals surface area (Å²) in [6.07, 6.45) is 1.47. The van der Waals surface area contributed by atoms with Crippen LogP contribution in [-0.4, -0.2) is 35.8 Å². The lowest BCUT2D eigenvalue weighted by Crippen LogP contribution is -2.46. The van der Waals surface area contributed by atoms with Gasteiger partial charge in [0.1, 0.15) is 0 Å². The molecule has 2 amide bonds. The van der Waals surface area contributed by atoms with E-state index in [0.29, 0.717) is 29.2 Å². The standard InChI is InChI=1S/C19H18BrClN2O2/c20-14-7-5-13(6-8-14)19(25)23-11-9-15(10-12-23)22-18(24)16-3-1-2-4-17(16)21/h1-8,15H,9-12H2,(H,22,24). The van der Waals surface area contributed by atoms with E-state index in [9.17, 15) is 9.59 Å². The van der Waals surface area contributed by atoms with Crippen LogP contribution in [0.15, 0.2) is 53.0 Å². The van der Waals surface area contributed by atoms with E-state index < -0.39 is 0 Å². The van der Waals surface area contributed by atoms with Gasteiger partial charge in [0.05, 0.1) is 10.6 Å². The molecule has 0 atom stereocenters. The van der Waals surface area contributed by atoms with Crippen molar-refractivity contribution in [3.05, 3.63) is 69.2 Å². The number of carbonyl (C=O) groups excluding carboxylic acids is 2. The quantitative estimate of drug-likeness (QED) is 0.810. The first-order valence-corrected chi connectivity index (χ1v) is 9.32. The predicted molar refractivity (Wildman–Crippen MR) is 102 cm³/mol. The molecule has 25 heavy (non-hydrogen) atoms. The summed E-state index contributed by atoms with van der Waals surface area (Å²) in [7, 11) is 0. The van der Waals surface area contributed by atoms with Gasteiger partial charge in [0.2, 0.25) is 0 Å². The number of nitrogens with zero attached hydrogens (tertiary/aromatic N) is 1. The molecule has 0 bridgehead atoms. The van der Waals surface area contributed by atoms with Gasteiger partial charge >= 0.3 is 0 Å². The molecule has 130 valence electrons. The minimum Gasteiger partial charge on any atom is -0.349 e. The first-order chi connectivity index (χ1) is 12.0. The molecule has 0 saturated carbocycles. The van der Waals surface area contributed by atoms with E-state index in [-0.39, 0.29) is 17.9 Å². The summed E-state index contributed by atoms with van der Waals surface area (Å²) < 4.78 is 0.949. The van der Waals surface area contributed by atoms with Crippen molar-refractivity contribution in [1.29, 1.82) is 0 Å². The Morgan fingerprint density at radius 3 is 2.32 bits per heavy atom. The molecule has 1 aliphatic rings. The molecule has 1 saturated heterocycles. The molecule has 1 aliphatic heterocycles. The second kappa shape index (κ2) is 8.02. The van der Waals surface area contributed by atoms with Crippen LogP contribution in [0.2, 0.25) is 5.02 Å². The smallest absolute Gasteiger partial charge is 0.253 e. The zero-order chi connectivity index (χ0) is 17.8. The van der Waals surface area contributed by atoms with E-state index in [1.54, 1.807) is 24.3 Å². The highest BCUT2D eigenvalue weighted by molar-refractivity contribution is 9.10. The molecule has 0 radical (unpaired) electrons. The van der Waals surface area contributed by atoms with Crippen molar-refractivity contribution >= 4 is 39.3 Å². The maximum atomic E-state index is 12.5. The van der Waals surface area contributed by atoms with Gasteiger partial charge in [0, 0.05) is 29.2 Å².